The molecular formula is C26H31N7O3S. The first-order valence-corrected chi connectivity index (χ1v) is 14.5. The highest BCUT2D eigenvalue weighted by Crippen LogP contribution is 2.33. The lowest BCUT2D eigenvalue weighted by molar-refractivity contribution is 0.123. The Morgan fingerprint density at radius 3 is 2.54 bits per heavy atom. The van der Waals surface area contributed by atoms with Crippen LogP contribution >= 0.6 is 0 Å². The second kappa shape index (κ2) is 9.55. The van der Waals surface area contributed by atoms with E-state index in [-0.39, 0.29) is 6.04 Å². The van der Waals surface area contributed by atoms with E-state index < -0.39 is 10.0 Å². The molecule has 2 fully saturated rings. The lowest BCUT2D eigenvalue weighted by atomic mass is 10.1. The molecule has 194 valence electrons. The number of morpholine rings is 1. The first-order chi connectivity index (χ1) is 17.9. The quantitative estimate of drug-likeness (QED) is 0.398. The van der Waals surface area contributed by atoms with Gasteiger partial charge in [0.1, 0.15) is 5.52 Å². The SMILES string of the molecule is Cc1cccc(-c2ccn(-c3cc(N4CCOCC4)c4ncn(C5CCN(S(C)(=O)=O)CC5)c4n3)n2)c1. The van der Waals surface area contributed by atoms with Crippen molar-refractivity contribution < 1.29 is 13.2 Å². The molecule has 2 aliphatic rings. The van der Waals surface area contributed by atoms with Crippen LogP contribution in [-0.2, 0) is 14.8 Å². The van der Waals surface area contributed by atoms with E-state index in [1.807, 2.05) is 29.3 Å². The highest BCUT2D eigenvalue weighted by atomic mass is 32.2. The molecule has 2 aliphatic heterocycles. The molecule has 11 heteroatoms. The monoisotopic (exact) mass is 521 g/mol. The molecule has 0 aliphatic carbocycles. The van der Waals surface area contributed by atoms with Gasteiger partial charge in [-0.25, -0.2) is 27.4 Å². The Morgan fingerprint density at radius 1 is 1.03 bits per heavy atom. The standard InChI is InChI=1S/C26H31N7O3S/c1-19-4-3-5-20(16-19)22-8-11-33(29-22)24-17-23(30-12-14-36-15-13-30)25-26(28-24)32(18-27-25)21-6-9-31(10-7-21)37(2,34)35/h3-5,8,11,16-18,21H,6-7,9-10,12-15H2,1-2H3. The molecule has 37 heavy (non-hydrogen) atoms. The number of sulfonamides is 1. The van der Waals surface area contributed by atoms with Crippen molar-refractivity contribution in [2.24, 2.45) is 0 Å². The van der Waals surface area contributed by atoms with Gasteiger partial charge in [-0.3, -0.25) is 0 Å². The van der Waals surface area contributed by atoms with E-state index in [0.717, 1.165) is 59.9 Å². The average Bonchev–Trinajstić information content (AvgIpc) is 3.56. The summed E-state index contributed by atoms with van der Waals surface area (Å²) in [6.45, 7) is 5.98. The van der Waals surface area contributed by atoms with E-state index in [1.165, 1.54) is 11.8 Å². The summed E-state index contributed by atoms with van der Waals surface area (Å²) in [4.78, 5) is 12.1. The van der Waals surface area contributed by atoms with E-state index in [4.69, 9.17) is 19.8 Å². The van der Waals surface area contributed by atoms with Gasteiger partial charge in [-0.15, -0.1) is 0 Å². The van der Waals surface area contributed by atoms with Crippen molar-refractivity contribution >= 4 is 26.9 Å². The molecule has 10 nitrogen and oxygen atoms in total. The summed E-state index contributed by atoms with van der Waals surface area (Å²) in [5.41, 5.74) is 5.80. The summed E-state index contributed by atoms with van der Waals surface area (Å²) in [7, 11) is -3.19. The molecule has 0 atom stereocenters. The Labute approximate surface area is 216 Å². The normalized spacial score (nSPS) is 18.1. The van der Waals surface area contributed by atoms with Gasteiger partial charge in [-0.2, -0.15) is 5.10 Å². The van der Waals surface area contributed by atoms with E-state index >= 15 is 0 Å². The van der Waals surface area contributed by atoms with Crippen molar-refractivity contribution in [1.29, 1.82) is 0 Å². The van der Waals surface area contributed by atoms with Gasteiger partial charge in [-0.05, 0) is 31.9 Å². The number of hydrogen-bond acceptors (Lipinski definition) is 7. The van der Waals surface area contributed by atoms with Crippen LogP contribution in [0.25, 0.3) is 28.2 Å². The Hall–Kier alpha value is -3.28. The fraction of sp³-hybridized carbons (Fsp3) is 0.423. The lowest BCUT2D eigenvalue weighted by Crippen LogP contribution is -2.38. The predicted octanol–water partition coefficient (Wildman–Crippen LogP) is 3.03. The van der Waals surface area contributed by atoms with Gasteiger partial charge in [0.05, 0.1) is 37.2 Å². The zero-order valence-electron chi connectivity index (χ0n) is 21.1. The summed E-state index contributed by atoms with van der Waals surface area (Å²) in [5, 5.41) is 4.86. The Morgan fingerprint density at radius 2 is 1.81 bits per heavy atom. The first-order valence-electron chi connectivity index (χ1n) is 12.7. The molecule has 0 amide bonds. The summed E-state index contributed by atoms with van der Waals surface area (Å²) in [5.74, 6) is 0.725. The first kappa shape index (κ1) is 24.1. The van der Waals surface area contributed by atoms with Crippen molar-refractivity contribution in [1.82, 2.24) is 28.6 Å². The van der Waals surface area contributed by atoms with Crippen LogP contribution in [-0.4, -0.2) is 82.7 Å². The third kappa shape index (κ3) is 4.74. The number of aromatic nitrogens is 5. The third-order valence-electron chi connectivity index (χ3n) is 7.27. The van der Waals surface area contributed by atoms with Crippen molar-refractivity contribution in [3.05, 3.63) is 54.5 Å². The van der Waals surface area contributed by atoms with Crippen LogP contribution in [0.15, 0.2) is 48.9 Å². The van der Waals surface area contributed by atoms with Crippen LogP contribution in [0.1, 0.15) is 24.4 Å². The summed E-state index contributed by atoms with van der Waals surface area (Å²) < 4.78 is 35.1. The lowest BCUT2D eigenvalue weighted by Gasteiger charge is -2.31. The number of pyridine rings is 1. The van der Waals surface area contributed by atoms with Gasteiger partial charge in [0.15, 0.2) is 11.5 Å². The van der Waals surface area contributed by atoms with Crippen molar-refractivity contribution in [2.45, 2.75) is 25.8 Å². The van der Waals surface area contributed by atoms with Gasteiger partial charge in [0.25, 0.3) is 0 Å². The molecule has 0 spiro atoms. The molecule has 0 radical (unpaired) electrons. The fourth-order valence-corrected chi connectivity index (χ4v) is 6.14. The molecule has 6 rings (SSSR count). The van der Waals surface area contributed by atoms with Gasteiger partial charge < -0.3 is 14.2 Å². The molecule has 5 heterocycles. The van der Waals surface area contributed by atoms with Gasteiger partial charge >= 0.3 is 0 Å². The number of hydrogen-bond donors (Lipinski definition) is 0. The molecule has 0 unspecified atom stereocenters. The maximum Gasteiger partial charge on any atom is 0.211 e. The van der Waals surface area contributed by atoms with E-state index in [0.29, 0.717) is 26.3 Å². The summed E-state index contributed by atoms with van der Waals surface area (Å²) in [6, 6.07) is 12.5. The number of fused-ring (bicyclic) bond motifs is 1. The molecule has 1 aromatic carbocycles. The molecule has 2 saturated heterocycles. The number of rotatable bonds is 5. The second-order valence-corrected chi connectivity index (χ2v) is 11.8. The van der Waals surface area contributed by atoms with Gasteiger partial charge in [0, 0.05) is 50.0 Å². The van der Waals surface area contributed by atoms with Crippen molar-refractivity contribution in [3.63, 3.8) is 0 Å². The Balaban J connectivity index is 1.40. The number of aryl methyl sites for hydroxylation is 1. The number of anilines is 1. The van der Waals surface area contributed by atoms with E-state index in [1.54, 1.807) is 4.31 Å². The van der Waals surface area contributed by atoms with Gasteiger partial charge in [-0.1, -0.05) is 23.8 Å². The highest BCUT2D eigenvalue weighted by Gasteiger charge is 2.28. The second-order valence-electron chi connectivity index (χ2n) is 9.83. The number of piperidine rings is 1. The molecule has 0 saturated carbocycles. The largest absolute Gasteiger partial charge is 0.378 e. The van der Waals surface area contributed by atoms with Crippen LogP contribution in [0.5, 0.6) is 0 Å². The van der Waals surface area contributed by atoms with Crippen LogP contribution in [0.3, 0.4) is 0 Å². The fourth-order valence-electron chi connectivity index (χ4n) is 5.27. The number of ether oxygens (including phenoxy) is 1. The third-order valence-corrected chi connectivity index (χ3v) is 8.57. The van der Waals surface area contributed by atoms with Crippen LogP contribution in [0, 0.1) is 6.92 Å². The number of nitrogens with zero attached hydrogens (tertiary/aromatic N) is 7. The molecule has 3 aromatic heterocycles. The zero-order valence-corrected chi connectivity index (χ0v) is 21.9. The minimum absolute atomic E-state index is 0.128. The predicted molar refractivity (Wildman–Crippen MR) is 143 cm³/mol. The van der Waals surface area contributed by atoms with Crippen molar-refractivity contribution in [3.8, 4) is 17.1 Å². The highest BCUT2D eigenvalue weighted by molar-refractivity contribution is 7.88. The molecular weight excluding hydrogens is 490 g/mol. The Kier molecular flexibility index (Phi) is 6.21. The van der Waals surface area contributed by atoms with Crippen LogP contribution in [0.2, 0.25) is 0 Å². The van der Waals surface area contributed by atoms with E-state index in [2.05, 4.69) is 40.7 Å². The maximum absolute atomic E-state index is 12.0. The summed E-state index contributed by atoms with van der Waals surface area (Å²) in [6.07, 6.45) is 6.51. The Bertz CT molecular complexity index is 1530. The van der Waals surface area contributed by atoms with Crippen LogP contribution in [0.4, 0.5) is 5.69 Å². The van der Waals surface area contributed by atoms with Crippen LogP contribution < -0.4 is 4.90 Å². The zero-order chi connectivity index (χ0) is 25.6. The summed E-state index contributed by atoms with van der Waals surface area (Å²) >= 11 is 0. The molecule has 0 bridgehead atoms. The van der Waals surface area contributed by atoms with Gasteiger partial charge in [0.2, 0.25) is 10.0 Å². The average molecular weight is 522 g/mol. The number of imidazole rings is 1. The van der Waals surface area contributed by atoms with E-state index in [9.17, 15) is 8.42 Å². The number of benzene rings is 1. The molecule has 0 N–H and O–H groups in total. The van der Waals surface area contributed by atoms with Crippen molar-refractivity contribution in [2.75, 3.05) is 50.5 Å². The topological polar surface area (TPSA) is 98.4 Å². The minimum Gasteiger partial charge on any atom is -0.378 e. The minimum atomic E-state index is -3.19. The maximum atomic E-state index is 12.0. The smallest absolute Gasteiger partial charge is 0.211 e. The molecule has 4 aromatic rings.